The zero-order valence-electron chi connectivity index (χ0n) is 14.7. The number of hydrogen-bond acceptors (Lipinski definition) is 5. The highest BCUT2D eigenvalue weighted by Gasteiger charge is 2.17. The molecule has 136 valence electrons. The van der Waals surface area contributed by atoms with Crippen LogP contribution in [-0.4, -0.2) is 28.2 Å². The van der Waals surface area contributed by atoms with Gasteiger partial charge in [-0.15, -0.1) is 0 Å². The van der Waals surface area contributed by atoms with Gasteiger partial charge in [0, 0.05) is 22.6 Å². The topological polar surface area (TPSA) is 69.9 Å². The van der Waals surface area contributed by atoms with Crippen molar-refractivity contribution in [2.45, 2.75) is 18.4 Å². The van der Waals surface area contributed by atoms with Gasteiger partial charge < -0.3 is 4.90 Å². The molecule has 0 atom stereocenters. The van der Waals surface area contributed by atoms with Gasteiger partial charge in [-0.3, -0.25) is 4.79 Å². The van der Waals surface area contributed by atoms with E-state index in [1.165, 1.54) is 11.8 Å². The van der Waals surface area contributed by atoms with E-state index in [0.717, 1.165) is 15.9 Å². The lowest BCUT2D eigenvalue weighted by atomic mass is 10.2. The van der Waals surface area contributed by atoms with E-state index < -0.39 is 0 Å². The van der Waals surface area contributed by atoms with Crippen molar-refractivity contribution in [3.05, 3.63) is 59.4 Å². The molecule has 0 bridgehead atoms. The predicted octanol–water partition coefficient (Wildman–Crippen LogP) is 4.63. The Bertz CT molecular complexity index is 1020. The van der Waals surface area contributed by atoms with Gasteiger partial charge in [-0.1, -0.05) is 47.6 Å². The minimum absolute atomic E-state index is 0.0992. The van der Waals surface area contributed by atoms with E-state index in [9.17, 15) is 4.79 Å². The van der Waals surface area contributed by atoms with E-state index in [-0.39, 0.29) is 18.1 Å². The highest BCUT2D eigenvalue weighted by molar-refractivity contribution is 8.00. The molecule has 1 aromatic heterocycles. The molecule has 3 rings (SSSR count). The average Bonchev–Trinajstić information content (AvgIpc) is 2.66. The molecule has 0 fully saturated rings. The van der Waals surface area contributed by atoms with E-state index in [4.69, 9.17) is 16.9 Å². The summed E-state index contributed by atoms with van der Waals surface area (Å²) in [6.45, 7) is 2.16. The molecule has 0 saturated heterocycles. The normalized spacial score (nSPS) is 10.6. The summed E-state index contributed by atoms with van der Waals surface area (Å²) in [5, 5.41) is 11.2. The quantitative estimate of drug-likeness (QED) is 0.448. The third kappa shape index (κ3) is 4.76. The standard InChI is InChI=1S/C20H17ClN4OS/c1-14-23-18-9-3-2-8-17(18)20(24-14)27-13-19(26)25(11-5-10-22)16-7-4-6-15(21)12-16/h2-4,6-9,12H,5,11,13H2,1H3. The molecule has 0 aliphatic rings. The molecular weight excluding hydrogens is 380 g/mol. The summed E-state index contributed by atoms with van der Waals surface area (Å²) in [4.78, 5) is 23.4. The summed E-state index contributed by atoms with van der Waals surface area (Å²) in [5.41, 5.74) is 1.54. The lowest BCUT2D eigenvalue weighted by Crippen LogP contribution is -2.33. The molecule has 0 unspecified atom stereocenters. The van der Waals surface area contributed by atoms with E-state index in [1.54, 1.807) is 23.1 Å². The number of aromatic nitrogens is 2. The van der Waals surface area contributed by atoms with Crippen molar-refractivity contribution in [3.8, 4) is 6.07 Å². The SMILES string of the molecule is Cc1nc(SCC(=O)N(CCC#N)c2cccc(Cl)c2)c2ccccc2n1. The van der Waals surface area contributed by atoms with Crippen LogP contribution in [0.5, 0.6) is 0 Å². The van der Waals surface area contributed by atoms with Gasteiger partial charge in [0.05, 0.1) is 23.8 Å². The van der Waals surface area contributed by atoms with Crippen LogP contribution in [-0.2, 0) is 4.79 Å². The van der Waals surface area contributed by atoms with E-state index >= 15 is 0 Å². The number of para-hydroxylation sites is 1. The number of carbonyl (C=O) groups is 1. The molecule has 1 heterocycles. The summed E-state index contributed by atoms with van der Waals surface area (Å²) in [5.74, 6) is 0.774. The number of halogens is 1. The first kappa shape index (κ1) is 19.2. The van der Waals surface area contributed by atoms with Gasteiger partial charge in [0.2, 0.25) is 5.91 Å². The molecule has 0 aliphatic heterocycles. The van der Waals surface area contributed by atoms with Gasteiger partial charge in [0.1, 0.15) is 10.9 Å². The van der Waals surface area contributed by atoms with Crippen LogP contribution in [0.4, 0.5) is 5.69 Å². The summed E-state index contributed by atoms with van der Waals surface area (Å²) in [6, 6.07) is 16.9. The number of nitriles is 1. The Morgan fingerprint density at radius 3 is 2.81 bits per heavy atom. The van der Waals surface area contributed by atoms with Crippen molar-refractivity contribution in [2.75, 3.05) is 17.2 Å². The Balaban J connectivity index is 1.81. The van der Waals surface area contributed by atoms with Crippen molar-refractivity contribution in [1.29, 1.82) is 5.26 Å². The first-order chi connectivity index (χ1) is 13.1. The number of hydrogen-bond donors (Lipinski definition) is 0. The lowest BCUT2D eigenvalue weighted by molar-refractivity contribution is -0.116. The average molecular weight is 397 g/mol. The minimum atomic E-state index is -0.0992. The molecule has 2 aromatic carbocycles. The summed E-state index contributed by atoms with van der Waals surface area (Å²) >= 11 is 7.43. The van der Waals surface area contributed by atoms with Crippen LogP contribution in [0.15, 0.2) is 53.6 Å². The van der Waals surface area contributed by atoms with E-state index in [1.807, 2.05) is 37.3 Å². The van der Waals surface area contributed by atoms with Gasteiger partial charge in [0.25, 0.3) is 0 Å². The maximum Gasteiger partial charge on any atom is 0.237 e. The van der Waals surface area contributed by atoms with Crippen molar-refractivity contribution in [2.24, 2.45) is 0 Å². The van der Waals surface area contributed by atoms with E-state index in [0.29, 0.717) is 23.1 Å². The van der Waals surface area contributed by atoms with Crippen LogP contribution in [0.2, 0.25) is 5.02 Å². The number of rotatable bonds is 6. The Morgan fingerprint density at radius 1 is 1.22 bits per heavy atom. The highest BCUT2D eigenvalue weighted by atomic mass is 35.5. The largest absolute Gasteiger partial charge is 0.311 e. The van der Waals surface area contributed by atoms with Crippen LogP contribution in [0, 0.1) is 18.3 Å². The fourth-order valence-corrected chi connectivity index (χ4v) is 3.81. The van der Waals surface area contributed by atoms with Crippen LogP contribution >= 0.6 is 23.4 Å². The van der Waals surface area contributed by atoms with Crippen LogP contribution in [0.3, 0.4) is 0 Å². The second-order valence-electron chi connectivity index (χ2n) is 5.82. The molecule has 0 spiro atoms. The van der Waals surface area contributed by atoms with Crippen LogP contribution < -0.4 is 4.90 Å². The van der Waals surface area contributed by atoms with Crippen LogP contribution in [0.1, 0.15) is 12.2 Å². The number of fused-ring (bicyclic) bond motifs is 1. The third-order valence-electron chi connectivity index (χ3n) is 3.88. The molecule has 0 N–H and O–H groups in total. The molecule has 0 radical (unpaired) electrons. The number of nitrogens with zero attached hydrogens (tertiary/aromatic N) is 4. The first-order valence-electron chi connectivity index (χ1n) is 8.37. The molecule has 7 heteroatoms. The summed E-state index contributed by atoms with van der Waals surface area (Å²) < 4.78 is 0. The van der Waals surface area contributed by atoms with Gasteiger partial charge >= 0.3 is 0 Å². The Morgan fingerprint density at radius 2 is 2.04 bits per heavy atom. The third-order valence-corrected chi connectivity index (χ3v) is 5.09. The van der Waals surface area contributed by atoms with Crippen molar-refractivity contribution in [3.63, 3.8) is 0 Å². The van der Waals surface area contributed by atoms with Gasteiger partial charge in [-0.05, 0) is 31.2 Å². The van der Waals surface area contributed by atoms with Gasteiger partial charge in [-0.2, -0.15) is 5.26 Å². The van der Waals surface area contributed by atoms with Gasteiger partial charge in [-0.25, -0.2) is 9.97 Å². The molecule has 1 amide bonds. The maximum absolute atomic E-state index is 12.9. The minimum Gasteiger partial charge on any atom is -0.311 e. The van der Waals surface area contributed by atoms with Crippen LogP contribution in [0.25, 0.3) is 10.9 Å². The van der Waals surface area contributed by atoms with Crippen molar-refractivity contribution in [1.82, 2.24) is 9.97 Å². The number of aryl methyl sites for hydroxylation is 1. The highest BCUT2D eigenvalue weighted by Crippen LogP contribution is 2.27. The molecule has 5 nitrogen and oxygen atoms in total. The first-order valence-corrected chi connectivity index (χ1v) is 9.74. The van der Waals surface area contributed by atoms with Gasteiger partial charge in [0.15, 0.2) is 0 Å². The maximum atomic E-state index is 12.9. The smallest absolute Gasteiger partial charge is 0.237 e. The van der Waals surface area contributed by atoms with E-state index in [2.05, 4.69) is 16.0 Å². The van der Waals surface area contributed by atoms with Crippen molar-refractivity contribution >= 4 is 45.9 Å². The Hall–Kier alpha value is -2.62. The number of anilines is 1. The number of carbonyl (C=O) groups excluding carboxylic acids is 1. The molecule has 0 aliphatic carbocycles. The number of amides is 1. The monoisotopic (exact) mass is 396 g/mol. The lowest BCUT2D eigenvalue weighted by Gasteiger charge is -2.22. The Labute approximate surface area is 167 Å². The fraction of sp³-hybridized carbons (Fsp3) is 0.200. The van der Waals surface area contributed by atoms with Crippen molar-refractivity contribution < 1.29 is 4.79 Å². The fourth-order valence-electron chi connectivity index (χ4n) is 2.68. The number of thioether (sulfide) groups is 1. The Kier molecular flexibility index (Phi) is 6.28. The molecule has 0 saturated carbocycles. The summed E-state index contributed by atoms with van der Waals surface area (Å²) in [7, 11) is 0. The second kappa shape index (κ2) is 8.85. The predicted molar refractivity (Wildman–Crippen MR) is 109 cm³/mol. The zero-order chi connectivity index (χ0) is 19.2. The summed E-state index contributed by atoms with van der Waals surface area (Å²) in [6.07, 6.45) is 0.248. The number of benzene rings is 2. The molecule has 27 heavy (non-hydrogen) atoms. The molecular formula is C20H17ClN4OS. The molecule has 3 aromatic rings. The zero-order valence-corrected chi connectivity index (χ0v) is 16.3. The second-order valence-corrected chi connectivity index (χ2v) is 7.22.